The number of ether oxygens (including phenoxy) is 2. The van der Waals surface area contributed by atoms with Crippen LogP contribution in [0.5, 0.6) is 0 Å². The molecular weight excluding hydrogens is 416 g/mol. The molecular formula is C28H28O5. The van der Waals surface area contributed by atoms with Crippen molar-refractivity contribution in [3.63, 3.8) is 0 Å². The maximum Gasteiger partial charge on any atom is 0.169 e. The lowest BCUT2D eigenvalue weighted by Crippen LogP contribution is -2.52. The van der Waals surface area contributed by atoms with Crippen molar-refractivity contribution < 1.29 is 24.2 Å². The predicted octanol–water partition coefficient (Wildman–Crippen LogP) is 4.06. The highest BCUT2D eigenvalue weighted by atomic mass is 16.6. The van der Waals surface area contributed by atoms with Crippen molar-refractivity contribution in [2.75, 3.05) is 13.2 Å². The highest BCUT2D eigenvalue weighted by molar-refractivity contribution is 5.93. The molecule has 1 saturated heterocycles. The van der Waals surface area contributed by atoms with Crippen LogP contribution < -0.4 is 0 Å². The van der Waals surface area contributed by atoms with Gasteiger partial charge in [-0.3, -0.25) is 9.59 Å². The normalized spacial score (nSPS) is 21.0. The van der Waals surface area contributed by atoms with E-state index < -0.39 is 17.3 Å². The molecule has 0 saturated carbocycles. The van der Waals surface area contributed by atoms with Crippen LogP contribution in [-0.4, -0.2) is 41.6 Å². The second-order valence-electron chi connectivity index (χ2n) is 8.56. The number of carbonyl (C=O) groups excluding carboxylic acids is 2. The summed E-state index contributed by atoms with van der Waals surface area (Å²) in [5, 5.41) is 10.6. The Morgan fingerprint density at radius 1 is 0.939 bits per heavy atom. The van der Waals surface area contributed by atoms with Crippen molar-refractivity contribution in [2.24, 2.45) is 0 Å². The van der Waals surface area contributed by atoms with Crippen molar-refractivity contribution in [2.45, 2.75) is 37.1 Å². The fourth-order valence-corrected chi connectivity index (χ4v) is 4.45. The lowest BCUT2D eigenvalue weighted by Gasteiger charge is -2.39. The highest BCUT2D eigenvalue weighted by Crippen LogP contribution is 2.41. The van der Waals surface area contributed by atoms with Crippen molar-refractivity contribution in [3.05, 3.63) is 108 Å². The lowest BCUT2D eigenvalue weighted by molar-refractivity contribution is -0.173. The quantitative estimate of drug-likeness (QED) is 0.531. The average molecular weight is 445 g/mol. The number of rotatable bonds is 8. The first-order valence-corrected chi connectivity index (χ1v) is 11.1. The molecule has 0 radical (unpaired) electrons. The van der Waals surface area contributed by atoms with Crippen LogP contribution in [0.4, 0.5) is 0 Å². The van der Waals surface area contributed by atoms with E-state index in [1.54, 1.807) is 0 Å². The van der Waals surface area contributed by atoms with Gasteiger partial charge in [0.2, 0.25) is 0 Å². The number of hydrogen-bond acceptors (Lipinski definition) is 5. The monoisotopic (exact) mass is 444 g/mol. The molecule has 0 aromatic heterocycles. The molecule has 0 spiro atoms. The Kier molecular flexibility index (Phi) is 6.84. The summed E-state index contributed by atoms with van der Waals surface area (Å²) in [4.78, 5) is 24.1. The minimum Gasteiger partial charge on any atom is -0.379 e. The molecule has 1 fully saturated rings. The molecule has 1 heterocycles. The van der Waals surface area contributed by atoms with Gasteiger partial charge in [-0.05, 0) is 23.6 Å². The molecule has 4 rings (SSSR count). The third-order valence-electron chi connectivity index (χ3n) is 6.06. The highest BCUT2D eigenvalue weighted by Gasteiger charge is 2.44. The van der Waals surface area contributed by atoms with Crippen LogP contribution in [0.15, 0.2) is 91.0 Å². The average Bonchev–Trinajstić information content (AvgIpc) is 2.83. The van der Waals surface area contributed by atoms with Crippen LogP contribution in [0.25, 0.3) is 0 Å². The summed E-state index contributed by atoms with van der Waals surface area (Å²) in [6, 6.07) is 29.9. The molecule has 3 aromatic rings. The third-order valence-corrected chi connectivity index (χ3v) is 6.06. The Hall–Kier alpha value is -3.12. The van der Waals surface area contributed by atoms with E-state index in [0.717, 1.165) is 16.7 Å². The number of aliphatic hydroxyl groups is 1. The van der Waals surface area contributed by atoms with Crippen LogP contribution in [0.1, 0.15) is 36.5 Å². The van der Waals surface area contributed by atoms with Gasteiger partial charge in [0.25, 0.3) is 0 Å². The topological polar surface area (TPSA) is 72.8 Å². The predicted molar refractivity (Wildman–Crippen MR) is 125 cm³/mol. The standard InChI is InChI=1S/C28H28O5/c1-21(29)18-27(31)20-32-25(17-26(27)30)19-33-28(22-11-5-2-6-12-22,23-13-7-3-8-14-23)24-15-9-4-10-16-24/h2-16,25,31H,17-20H2,1H3/t25-,27-/m0/s1. The van der Waals surface area contributed by atoms with Crippen LogP contribution in [0.3, 0.4) is 0 Å². The minimum atomic E-state index is -1.75. The van der Waals surface area contributed by atoms with E-state index in [9.17, 15) is 14.7 Å². The van der Waals surface area contributed by atoms with E-state index >= 15 is 0 Å². The summed E-state index contributed by atoms with van der Waals surface area (Å²) in [5.74, 6) is -0.636. The Bertz CT molecular complexity index is 984. The van der Waals surface area contributed by atoms with E-state index in [4.69, 9.17) is 9.47 Å². The second kappa shape index (κ2) is 9.79. The Morgan fingerprint density at radius 2 is 1.39 bits per heavy atom. The number of ketones is 2. The first-order chi connectivity index (χ1) is 15.9. The maximum atomic E-state index is 12.7. The maximum absolute atomic E-state index is 12.7. The molecule has 5 nitrogen and oxygen atoms in total. The molecule has 0 amide bonds. The van der Waals surface area contributed by atoms with Gasteiger partial charge < -0.3 is 14.6 Å². The van der Waals surface area contributed by atoms with Crippen molar-refractivity contribution >= 4 is 11.6 Å². The summed E-state index contributed by atoms with van der Waals surface area (Å²) in [5.41, 5.74) is 0.203. The van der Waals surface area contributed by atoms with Crippen LogP contribution in [0, 0.1) is 0 Å². The van der Waals surface area contributed by atoms with Crippen molar-refractivity contribution in [1.82, 2.24) is 0 Å². The zero-order valence-electron chi connectivity index (χ0n) is 18.6. The van der Waals surface area contributed by atoms with E-state index in [1.807, 2.05) is 91.0 Å². The van der Waals surface area contributed by atoms with Gasteiger partial charge in [0, 0.05) is 12.8 Å². The summed E-state index contributed by atoms with van der Waals surface area (Å²) < 4.78 is 12.5. The Balaban J connectivity index is 1.67. The largest absolute Gasteiger partial charge is 0.379 e. The minimum absolute atomic E-state index is 0.0156. The summed E-state index contributed by atoms with van der Waals surface area (Å²) in [7, 11) is 0. The molecule has 0 aliphatic carbocycles. The smallest absolute Gasteiger partial charge is 0.169 e. The fraction of sp³-hybridized carbons (Fsp3) is 0.286. The van der Waals surface area contributed by atoms with E-state index in [0.29, 0.717) is 0 Å². The molecule has 5 heteroatoms. The summed E-state index contributed by atoms with van der Waals surface area (Å²) in [6.07, 6.45) is -0.778. The van der Waals surface area contributed by atoms with Gasteiger partial charge in [0.05, 0.1) is 19.3 Å². The molecule has 1 N–H and O–H groups in total. The molecule has 1 aliphatic rings. The van der Waals surface area contributed by atoms with Gasteiger partial charge in [0.15, 0.2) is 11.4 Å². The van der Waals surface area contributed by atoms with Crippen molar-refractivity contribution in [1.29, 1.82) is 0 Å². The first kappa shape index (κ1) is 23.1. The molecule has 170 valence electrons. The van der Waals surface area contributed by atoms with Gasteiger partial charge in [0.1, 0.15) is 11.4 Å². The van der Waals surface area contributed by atoms with Crippen molar-refractivity contribution in [3.8, 4) is 0 Å². The van der Waals surface area contributed by atoms with Gasteiger partial charge in [-0.2, -0.15) is 0 Å². The number of benzene rings is 3. The molecule has 33 heavy (non-hydrogen) atoms. The Morgan fingerprint density at radius 3 is 1.79 bits per heavy atom. The second-order valence-corrected chi connectivity index (χ2v) is 8.56. The molecule has 0 bridgehead atoms. The fourth-order valence-electron chi connectivity index (χ4n) is 4.45. The molecule has 0 unspecified atom stereocenters. The zero-order chi connectivity index (χ0) is 23.3. The summed E-state index contributed by atoms with van der Waals surface area (Å²) in [6.45, 7) is 1.28. The number of carbonyl (C=O) groups is 2. The zero-order valence-corrected chi connectivity index (χ0v) is 18.6. The van der Waals surface area contributed by atoms with Gasteiger partial charge in [-0.25, -0.2) is 0 Å². The lowest BCUT2D eigenvalue weighted by atomic mass is 9.80. The van der Waals surface area contributed by atoms with Crippen LogP contribution >= 0.6 is 0 Å². The number of hydrogen-bond donors (Lipinski definition) is 1. The van der Waals surface area contributed by atoms with Crippen LogP contribution in [0.2, 0.25) is 0 Å². The van der Waals surface area contributed by atoms with Crippen LogP contribution in [-0.2, 0) is 24.7 Å². The molecule has 2 atom stereocenters. The van der Waals surface area contributed by atoms with E-state index in [-0.39, 0.29) is 37.6 Å². The van der Waals surface area contributed by atoms with Gasteiger partial charge >= 0.3 is 0 Å². The Labute approximate surface area is 194 Å². The summed E-state index contributed by atoms with van der Waals surface area (Å²) >= 11 is 0. The first-order valence-electron chi connectivity index (χ1n) is 11.1. The van der Waals surface area contributed by atoms with Gasteiger partial charge in [-0.1, -0.05) is 91.0 Å². The molecule has 1 aliphatic heterocycles. The van der Waals surface area contributed by atoms with E-state index in [2.05, 4.69) is 0 Å². The van der Waals surface area contributed by atoms with Gasteiger partial charge in [-0.15, -0.1) is 0 Å². The SMILES string of the molecule is CC(=O)C[C@]1(O)CO[C@H](COC(c2ccccc2)(c2ccccc2)c2ccccc2)CC1=O. The number of Topliss-reactive ketones (excluding diaryl/α,β-unsaturated/α-hetero) is 2. The van der Waals surface area contributed by atoms with E-state index in [1.165, 1.54) is 6.92 Å². The third kappa shape index (κ3) is 4.81. The molecule has 3 aromatic carbocycles.